The van der Waals surface area contributed by atoms with Crippen LogP contribution in [0, 0.1) is 0 Å². The predicted molar refractivity (Wildman–Crippen MR) is 232 cm³/mol. The SMILES string of the molecule is Oc1cc(N2CCOCC2)ccc1N=Nc1cc(-n2nc3ccccc3n2)ccc1O.Oc1cc(N2CCOCC2)ccc1N=Nc1cc(-n2nc3ccccc3n2)ccc1O.[Co]. The Morgan fingerprint density at radius 1 is 0.381 bits per heavy atom. The second kappa shape index (κ2) is 19.1. The van der Waals surface area contributed by atoms with Crippen molar-refractivity contribution < 1.29 is 46.7 Å². The summed E-state index contributed by atoms with van der Waals surface area (Å²) in [5.41, 5.74) is 7.26. The van der Waals surface area contributed by atoms with E-state index in [4.69, 9.17) is 9.47 Å². The molecule has 0 atom stereocenters. The van der Waals surface area contributed by atoms with Crippen LogP contribution in [0.2, 0.25) is 0 Å². The third-order valence-corrected chi connectivity index (χ3v) is 10.2. The van der Waals surface area contributed by atoms with Crippen LogP contribution >= 0.6 is 0 Å². The fourth-order valence-electron chi connectivity index (χ4n) is 6.83. The molecule has 63 heavy (non-hydrogen) atoms. The molecule has 10 rings (SSSR count). The van der Waals surface area contributed by atoms with E-state index in [2.05, 4.69) is 50.7 Å². The standard InChI is InChI=1S/2C22H20N6O3.Co/c2*29-21-8-6-16(28-25-17-3-1-2-4-18(17)26-28)13-20(21)24-23-19-7-5-15(14-22(19)30)27-9-11-31-12-10-27;/h2*1-8,13-14,29-30H,9-12H2;. The average molecular weight is 892 g/mol. The van der Waals surface area contributed by atoms with Crippen molar-refractivity contribution in [3.05, 3.63) is 121 Å². The van der Waals surface area contributed by atoms with Gasteiger partial charge in [0.15, 0.2) is 0 Å². The predicted octanol–water partition coefficient (Wildman–Crippen LogP) is 8.16. The van der Waals surface area contributed by atoms with E-state index in [1.54, 1.807) is 48.5 Å². The topological polar surface area (TPSA) is 217 Å². The van der Waals surface area contributed by atoms with Gasteiger partial charge in [0.2, 0.25) is 0 Å². The van der Waals surface area contributed by atoms with Crippen LogP contribution < -0.4 is 9.80 Å². The second-order valence-electron chi connectivity index (χ2n) is 14.2. The Bertz CT molecular complexity index is 2670. The van der Waals surface area contributed by atoms with Gasteiger partial charge in [-0.15, -0.1) is 40.9 Å². The number of fused-ring (bicyclic) bond motifs is 2. The van der Waals surface area contributed by atoms with E-state index in [-0.39, 0.29) is 51.2 Å². The smallest absolute Gasteiger partial charge is 0.145 e. The van der Waals surface area contributed by atoms with Crippen molar-refractivity contribution in [2.75, 3.05) is 62.4 Å². The molecule has 8 aromatic rings. The fraction of sp³-hybridized carbons (Fsp3) is 0.182. The van der Waals surface area contributed by atoms with E-state index in [0.717, 1.165) is 59.6 Å². The number of nitrogens with zero attached hydrogens (tertiary/aromatic N) is 12. The largest absolute Gasteiger partial charge is 0.506 e. The Kier molecular flexibility index (Phi) is 12.8. The molecule has 0 aliphatic carbocycles. The van der Waals surface area contributed by atoms with Crippen LogP contribution in [-0.2, 0) is 26.3 Å². The van der Waals surface area contributed by atoms with Gasteiger partial charge in [0.1, 0.15) is 67.8 Å². The van der Waals surface area contributed by atoms with Crippen molar-refractivity contribution in [1.29, 1.82) is 0 Å². The normalized spacial score (nSPS) is 14.3. The molecule has 19 heteroatoms. The number of hydrogen-bond donors (Lipinski definition) is 4. The molecular formula is C44H40CoN12O6. The Balaban J connectivity index is 0.000000170. The maximum absolute atomic E-state index is 10.4. The van der Waals surface area contributed by atoms with Crippen LogP contribution in [0.1, 0.15) is 0 Å². The number of rotatable bonds is 8. The molecular weight excluding hydrogens is 851 g/mol. The first-order valence-electron chi connectivity index (χ1n) is 19.8. The minimum atomic E-state index is -0.0337. The molecule has 2 fully saturated rings. The molecule has 0 amide bonds. The summed E-state index contributed by atoms with van der Waals surface area (Å²) >= 11 is 0. The minimum absolute atomic E-state index is 0. The Morgan fingerprint density at radius 2 is 0.714 bits per heavy atom. The van der Waals surface area contributed by atoms with Gasteiger partial charge in [0, 0.05) is 66.5 Å². The van der Waals surface area contributed by atoms with Crippen LogP contribution in [0.3, 0.4) is 0 Å². The van der Waals surface area contributed by atoms with Crippen molar-refractivity contribution in [1.82, 2.24) is 30.0 Å². The number of aromatic nitrogens is 6. The molecule has 0 bridgehead atoms. The summed E-state index contributed by atoms with van der Waals surface area (Å²) < 4.78 is 10.7. The quantitative estimate of drug-likeness (QED) is 0.106. The number of anilines is 2. The van der Waals surface area contributed by atoms with Gasteiger partial charge in [0.05, 0.1) is 37.8 Å². The molecule has 321 valence electrons. The summed E-state index contributed by atoms with van der Waals surface area (Å²) in [6.07, 6.45) is 0. The van der Waals surface area contributed by atoms with E-state index in [1.165, 1.54) is 21.7 Å². The number of ether oxygens (including phenoxy) is 2. The first kappa shape index (κ1) is 42.2. The van der Waals surface area contributed by atoms with Crippen molar-refractivity contribution in [2.24, 2.45) is 20.5 Å². The molecule has 4 N–H and O–H groups in total. The third kappa shape index (κ3) is 9.71. The Labute approximate surface area is 370 Å². The third-order valence-electron chi connectivity index (χ3n) is 10.2. The zero-order chi connectivity index (χ0) is 42.4. The minimum Gasteiger partial charge on any atom is -0.506 e. The summed E-state index contributed by atoms with van der Waals surface area (Å²) in [5.74, 6) is -0.0333. The van der Waals surface area contributed by atoms with Crippen molar-refractivity contribution in [3.63, 3.8) is 0 Å². The van der Waals surface area contributed by atoms with Gasteiger partial charge in [-0.05, 0) is 84.9 Å². The van der Waals surface area contributed by atoms with Gasteiger partial charge >= 0.3 is 0 Å². The first-order chi connectivity index (χ1) is 30.3. The van der Waals surface area contributed by atoms with Crippen LogP contribution in [0.25, 0.3) is 33.4 Å². The van der Waals surface area contributed by atoms with Gasteiger partial charge in [0.25, 0.3) is 0 Å². The Morgan fingerprint density at radius 3 is 1.06 bits per heavy atom. The monoisotopic (exact) mass is 891 g/mol. The number of aromatic hydroxyl groups is 4. The second-order valence-corrected chi connectivity index (χ2v) is 14.2. The molecule has 2 aliphatic rings. The average Bonchev–Trinajstić information content (AvgIpc) is 3.95. The molecule has 18 nitrogen and oxygen atoms in total. The van der Waals surface area contributed by atoms with E-state index in [1.807, 2.05) is 60.7 Å². The Hall–Kier alpha value is -7.45. The van der Waals surface area contributed by atoms with Gasteiger partial charge in [-0.3, -0.25) is 0 Å². The molecule has 2 saturated heterocycles. The van der Waals surface area contributed by atoms with E-state index in [0.29, 0.717) is 49.2 Å². The molecule has 4 heterocycles. The van der Waals surface area contributed by atoms with Crippen molar-refractivity contribution in [2.45, 2.75) is 0 Å². The zero-order valence-electron chi connectivity index (χ0n) is 33.5. The number of phenols is 4. The summed E-state index contributed by atoms with van der Waals surface area (Å²) in [6.45, 7) is 5.76. The molecule has 0 saturated carbocycles. The van der Waals surface area contributed by atoms with E-state index >= 15 is 0 Å². The number of phenolic OH excluding ortho intramolecular Hbond substituents is 4. The van der Waals surface area contributed by atoms with Crippen LogP contribution in [0.4, 0.5) is 34.1 Å². The molecule has 2 aliphatic heterocycles. The van der Waals surface area contributed by atoms with Gasteiger partial charge in [-0.2, -0.15) is 9.59 Å². The number of morpholine rings is 2. The number of azo groups is 2. The zero-order valence-corrected chi connectivity index (χ0v) is 34.6. The summed E-state index contributed by atoms with van der Waals surface area (Å²) in [4.78, 5) is 7.25. The van der Waals surface area contributed by atoms with Gasteiger partial charge < -0.3 is 39.7 Å². The summed E-state index contributed by atoms with van der Waals surface area (Å²) in [6, 6.07) is 35.3. The maximum Gasteiger partial charge on any atom is 0.145 e. The molecule has 1 radical (unpaired) electrons. The number of hydrogen-bond acceptors (Lipinski definition) is 16. The molecule has 6 aromatic carbocycles. The summed E-state index contributed by atoms with van der Waals surface area (Å²) in [7, 11) is 0. The maximum atomic E-state index is 10.4. The van der Waals surface area contributed by atoms with E-state index in [9.17, 15) is 20.4 Å². The van der Waals surface area contributed by atoms with Crippen LogP contribution in [0.5, 0.6) is 23.0 Å². The van der Waals surface area contributed by atoms with Crippen LogP contribution in [-0.4, -0.2) is 103 Å². The number of benzene rings is 6. The molecule has 2 aromatic heterocycles. The molecule has 0 unspecified atom stereocenters. The summed E-state index contributed by atoms with van der Waals surface area (Å²) in [5, 5.41) is 75.4. The molecule has 0 spiro atoms. The van der Waals surface area contributed by atoms with Gasteiger partial charge in [-0.1, -0.05) is 24.3 Å². The fourth-order valence-corrected chi connectivity index (χ4v) is 6.83. The first-order valence-corrected chi connectivity index (χ1v) is 19.8. The van der Waals surface area contributed by atoms with Crippen molar-refractivity contribution in [3.8, 4) is 34.4 Å². The van der Waals surface area contributed by atoms with Crippen LogP contribution in [0.15, 0.2) is 142 Å². The van der Waals surface area contributed by atoms with Gasteiger partial charge in [-0.25, -0.2) is 0 Å². The van der Waals surface area contributed by atoms with E-state index < -0.39 is 0 Å². The van der Waals surface area contributed by atoms with Crippen molar-refractivity contribution >= 4 is 56.2 Å².